The molecule has 9 heteroatoms. The zero-order valence-corrected chi connectivity index (χ0v) is 18.8. The van der Waals surface area contributed by atoms with Crippen molar-refractivity contribution in [2.75, 3.05) is 13.1 Å². The highest BCUT2D eigenvalue weighted by Gasteiger charge is 2.28. The van der Waals surface area contributed by atoms with Gasteiger partial charge in [-0.15, -0.1) is 0 Å². The number of carboxylic acids is 1. The highest BCUT2D eigenvalue weighted by atomic mass is 32.2. The van der Waals surface area contributed by atoms with E-state index in [0.29, 0.717) is 17.7 Å². The second-order valence-corrected chi connectivity index (χ2v) is 9.22. The number of nitrogens with one attached hydrogen (secondary N) is 2. The Morgan fingerprint density at radius 1 is 1.10 bits per heavy atom. The molecule has 3 rings (SSSR count). The number of aliphatic imine (C=N–C) groups is 1. The lowest BCUT2D eigenvalue weighted by Gasteiger charge is -2.17. The summed E-state index contributed by atoms with van der Waals surface area (Å²) in [6, 6.07) is 9.03. The Balaban J connectivity index is 2.04. The summed E-state index contributed by atoms with van der Waals surface area (Å²) in [7, 11) is -4.03. The van der Waals surface area contributed by atoms with Crippen molar-refractivity contribution >= 4 is 43.8 Å². The topological polar surface area (TPSA) is 121 Å². The standard InChI is InChI=1S/C22H27N3O5S/c1-5-23-21(24-6-2)14-7-10-18-17(11-14)16-9-8-15(12-19(16)30-18)31(28,29)25-20(13(3)4)22(26)27/h7-13,20,25H,5-6H2,1-4H3,(H,23,24)(H,26,27)/t20-/m0/s1. The summed E-state index contributed by atoms with van der Waals surface area (Å²) >= 11 is 0. The first-order valence-electron chi connectivity index (χ1n) is 10.2. The average Bonchev–Trinajstić information content (AvgIpc) is 3.08. The third-order valence-electron chi connectivity index (χ3n) is 4.90. The van der Waals surface area contributed by atoms with Crippen LogP contribution in [0.15, 0.2) is 50.7 Å². The summed E-state index contributed by atoms with van der Waals surface area (Å²) in [5, 5.41) is 14.2. The quantitative estimate of drug-likeness (QED) is 0.361. The summed E-state index contributed by atoms with van der Waals surface area (Å²) in [5.74, 6) is -0.837. The molecule has 8 nitrogen and oxygen atoms in total. The number of amidine groups is 1. The summed E-state index contributed by atoms with van der Waals surface area (Å²) in [6.45, 7) is 8.64. The van der Waals surface area contributed by atoms with Crippen LogP contribution in [-0.4, -0.2) is 44.5 Å². The van der Waals surface area contributed by atoms with Gasteiger partial charge in [0.15, 0.2) is 0 Å². The number of nitrogens with zero attached hydrogens (tertiary/aromatic N) is 1. The van der Waals surface area contributed by atoms with E-state index in [1.807, 2.05) is 32.0 Å². The van der Waals surface area contributed by atoms with E-state index in [-0.39, 0.29) is 4.90 Å². The highest BCUT2D eigenvalue weighted by molar-refractivity contribution is 7.89. The summed E-state index contributed by atoms with van der Waals surface area (Å²) < 4.78 is 33.7. The van der Waals surface area contributed by atoms with Gasteiger partial charge in [0.05, 0.1) is 4.90 Å². The molecule has 0 fully saturated rings. The smallest absolute Gasteiger partial charge is 0.322 e. The Hall–Kier alpha value is -2.91. The molecule has 1 aromatic heterocycles. The van der Waals surface area contributed by atoms with E-state index in [4.69, 9.17) is 4.42 Å². The molecule has 0 amide bonds. The Kier molecular flexibility index (Phi) is 6.66. The first kappa shape index (κ1) is 22.8. The van der Waals surface area contributed by atoms with Gasteiger partial charge in [0, 0.05) is 35.5 Å². The van der Waals surface area contributed by atoms with E-state index >= 15 is 0 Å². The summed E-state index contributed by atoms with van der Waals surface area (Å²) in [4.78, 5) is 15.8. The van der Waals surface area contributed by atoms with Crippen molar-refractivity contribution in [1.82, 2.24) is 10.0 Å². The molecule has 0 aliphatic carbocycles. The molecule has 0 radical (unpaired) electrons. The molecule has 2 aromatic carbocycles. The van der Waals surface area contributed by atoms with Crippen molar-refractivity contribution < 1.29 is 22.7 Å². The van der Waals surface area contributed by atoms with E-state index in [2.05, 4.69) is 15.0 Å². The first-order chi connectivity index (χ1) is 14.7. The zero-order chi connectivity index (χ0) is 22.8. The van der Waals surface area contributed by atoms with E-state index < -0.39 is 28.0 Å². The van der Waals surface area contributed by atoms with Crippen LogP contribution < -0.4 is 10.0 Å². The molecule has 0 aliphatic rings. The molecule has 0 saturated carbocycles. The van der Waals surface area contributed by atoms with Crippen LogP contribution in [0, 0.1) is 5.92 Å². The molecule has 1 heterocycles. The third-order valence-corrected chi connectivity index (χ3v) is 6.34. The molecule has 1 atom stereocenters. The highest BCUT2D eigenvalue weighted by Crippen LogP contribution is 2.31. The molecule has 0 saturated heterocycles. The van der Waals surface area contributed by atoms with E-state index in [9.17, 15) is 18.3 Å². The molecule has 0 spiro atoms. The lowest BCUT2D eigenvalue weighted by atomic mass is 10.1. The molecule has 166 valence electrons. The molecule has 0 bridgehead atoms. The van der Waals surface area contributed by atoms with Crippen LogP contribution in [-0.2, 0) is 14.8 Å². The molecule has 0 unspecified atom stereocenters. The van der Waals surface area contributed by atoms with Gasteiger partial charge in [-0.3, -0.25) is 9.79 Å². The molecule has 0 aliphatic heterocycles. The van der Waals surface area contributed by atoms with Gasteiger partial charge in [0.2, 0.25) is 10.0 Å². The van der Waals surface area contributed by atoms with Crippen molar-refractivity contribution in [3.63, 3.8) is 0 Å². The Bertz CT molecular complexity index is 1240. The monoisotopic (exact) mass is 445 g/mol. The first-order valence-corrected chi connectivity index (χ1v) is 11.7. The van der Waals surface area contributed by atoms with E-state index in [1.165, 1.54) is 12.1 Å². The minimum absolute atomic E-state index is 0.0490. The average molecular weight is 446 g/mol. The fraction of sp³-hybridized carbons (Fsp3) is 0.364. The van der Waals surface area contributed by atoms with Gasteiger partial charge in [-0.05, 0) is 50.1 Å². The molecular weight excluding hydrogens is 418 g/mol. The second kappa shape index (κ2) is 9.07. The number of carbonyl (C=O) groups is 1. The molecule has 3 N–H and O–H groups in total. The predicted molar refractivity (Wildman–Crippen MR) is 121 cm³/mol. The van der Waals surface area contributed by atoms with Gasteiger partial charge in [-0.1, -0.05) is 13.8 Å². The number of sulfonamides is 1. The van der Waals surface area contributed by atoms with Crippen LogP contribution in [0.25, 0.3) is 21.9 Å². The number of aliphatic carboxylic acids is 1. The van der Waals surface area contributed by atoms with Crippen molar-refractivity contribution in [2.24, 2.45) is 10.9 Å². The minimum atomic E-state index is -4.03. The van der Waals surface area contributed by atoms with E-state index in [0.717, 1.165) is 28.7 Å². The zero-order valence-electron chi connectivity index (χ0n) is 18.0. The Morgan fingerprint density at radius 3 is 2.45 bits per heavy atom. The molecular formula is C22H27N3O5S. The fourth-order valence-electron chi connectivity index (χ4n) is 3.35. The van der Waals surface area contributed by atoms with Gasteiger partial charge < -0.3 is 14.8 Å². The van der Waals surface area contributed by atoms with Crippen molar-refractivity contribution in [3.05, 3.63) is 42.0 Å². The van der Waals surface area contributed by atoms with Crippen molar-refractivity contribution in [1.29, 1.82) is 0 Å². The predicted octanol–water partition coefficient (Wildman–Crippen LogP) is 3.35. The Labute approximate surface area is 181 Å². The maximum absolute atomic E-state index is 12.8. The van der Waals surface area contributed by atoms with Gasteiger partial charge in [0.25, 0.3) is 0 Å². The number of fused-ring (bicyclic) bond motifs is 3. The number of carboxylic acid groups (broad SMARTS) is 1. The van der Waals surface area contributed by atoms with Crippen LogP contribution in [0.5, 0.6) is 0 Å². The lowest BCUT2D eigenvalue weighted by Crippen LogP contribution is -2.44. The van der Waals surface area contributed by atoms with Crippen molar-refractivity contribution in [2.45, 2.75) is 38.6 Å². The molecule has 3 aromatic rings. The van der Waals surface area contributed by atoms with Gasteiger partial charge in [0.1, 0.15) is 23.0 Å². The SMILES string of the molecule is CC/N=C(/NCC)c1ccc2oc3cc(S(=O)(=O)N[C@H](C(=O)O)C(C)C)ccc3c2c1. The maximum atomic E-state index is 12.8. The van der Waals surface area contributed by atoms with Crippen LogP contribution in [0.2, 0.25) is 0 Å². The van der Waals surface area contributed by atoms with Crippen LogP contribution in [0.4, 0.5) is 0 Å². The van der Waals surface area contributed by atoms with Gasteiger partial charge in [-0.25, -0.2) is 8.42 Å². The largest absolute Gasteiger partial charge is 0.480 e. The van der Waals surface area contributed by atoms with Crippen LogP contribution in [0.3, 0.4) is 0 Å². The number of hydrogen-bond donors (Lipinski definition) is 3. The van der Waals surface area contributed by atoms with Gasteiger partial charge >= 0.3 is 5.97 Å². The van der Waals surface area contributed by atoms with Crippen LogP contribution in [0.1, 0.15) is 33.3 Å². The summed E-state index contributed by atoms with van der Waals surface area (Å²) in [6.07, 6.45) is 0. The third kappa shape index (κ3) is 4.72. The van der Waals surface area contributed by atoms with Gasteiger partial charge in [-0.2, -0.15) is 4.72 Å². The number of hydrogen-bond acceptors (Lipinski definition) is 5. The number of rotatable bonds is 8. The van der Waals surface area contributed by atoms with Crippen molar-refractivity contribution in [3.8, 4) is 0 Å². The number of benzene rings is 2. The minimum Gasteiger partial charge on any atom is -0.480 e. The normalized spacial score (nSPS) is 13.8. The van der Waals surface area contributed by atoms with E-state index in [1.54, 1.807) is 19.9 Å². The molecule has 31 heavy (non-hydrogen) atoms. The summed E-state index contributed by atoms with van der Waals surface area (Å²) in [5.41, 5.74) is 1.95. The fourth-order valence-corrected chi connectivity index (χ4v) is 4.71. The maximum Gasteiger partial charge on any atom is 0.322 e. The van der Waals surface area contributed by atoms with Crippen LogP contribution >= 0.6 is 0 Å². The second-order valence-electron chi connectivity index (χ2n) is 7.51. The Morgan fingerprint density at radius 2 is 1.84 bits per heavy atom. The lowest BCUT2D eigenvalue weighted by molar-refractivity contribution is -0.140. The number of furan rings is 1.